The summed E-state index contributed by atoms with van der Waals surface area (Å²) >= 11 is 1.48. The van der Waals surface area contributed by atoms with Crippen molar-refractivity contribution in [1.29, 1.82) is 0 Å². The lowest BCUT2D eigenvalue weighted by atomic mass is 10.1. The number of aromatic nitrogens is 3. The molecule has 1 aliphatic heterocycles. The highest BCUT2D eigenvalue weighted by atomic mass is 32.2. The summed E-state index contributed by atoms with van der Waals surface area (Å²) in [6.45, 7) is 5.99. The van der Waals surface area contributed by atoms with Crippen LogP contribution in [0.15, 0.2) is 53.7 Å². The van der Waals surface area contributed by atoms with Crippen LogP contribution in [-0.4, -0.2) is 44.4 Å². The topological polar surface area (TPSA) is 51.0 Å². The van der Waals surface area contributed by atoms with Crippen molar-refractivity contribution in [3.05, 3.63) is 71.0 Å². The zero-order valence-corrected chi connectivity index (χ0v) is 18.5. The van der Waals surface area contributed by atoms with Crippen LogP contribution >= 0.6 is 11.8 Å². The Balaban J connectivity index is 1.60. The van der Waals surface area contributed by atoms with Gasteiger partial charge in [0.05, 0.1) is 5.75 Å². The van der Waals surface area contributed by atoms with Crippen LogP contribution in [0.1, 0.15) is 41.8 Å². The molecule has 1 amide bonds. The summed E-state index contributed by atoms with van der Waals surface area (Å²) in [6.07, 6.45) is 4.13. The Labute approximate surface area is 182 Å². The van der Waals surface area contributed by atoms with Crippen molar-refractivity contribution in [1.82, 2.24) is 19.7 Å². The van der Waals surface area contributed by atoms with E-state index in [1.165, 1.54) is 34.9 Å². The number of piperidine rings is 1. The van der Waals surface area contributed by atoms with Gasteiger partial charge >= 0.3 is 0 Å². The van der Waals surface area contributed by atoms with Gasteiger partial charge in [-0.05, 0) is 61.9 Å². The monoisotopic (exact) mass is 420 g/mol. The van der Waals surface area contributed by atoms with Crippen LogP contribution in [0.4, 0.5) is 0 Å². The van der Waals surface area contributed by atoms with Gasteiger partial charge in [0.25, 0.3) is 0 Å². The molecule has 4 rings (SSSR count). The molecule has 30 heavy (non-hydrogen) atoms. The van der Waals surface area contributed by atoms with E-state index in [4.69, 9.17) is 0 Å². The molecular formula is C24H28N4OS. The highest BCUT2D eigenvalue weighted by molar-refractivity contribution is 7.99. The van der Waals surface area contributed by atoms with Crippen molar-refractivity contribution in [2.24, 2.45) is 0 Å². The molecule has 3 aromatic rings. The standard InChI is InChI=1S/C24H28N4OS/c1-18-11-12-21(15-19(18)2)28-22(16-20-9-5-3-6-10-20)25-26-24(28)30-17-23(29)27-13-7-4-8-14-27/h3,5-6,9-12,15H,4,7-8,13-14,16-17H2,1-2H3. The van der Waals surface area contributed by atoms with Gasteiger partial charge < -0.3 is 4.90 Å². The van der Waals surface area contributed by atoms with Crippen molar-refractivity contribution < 1.29 is 4.79 Å². The summed E-state index contributed by atoms with van der Waals surface area (Å²) in [5.74, 6) is 1.48. The lowest BCUT2D eigenvalue weighted by Gasteiger charge is -2.26. The molecule has 0 N–H and O–H groups in total. The van der Waals surface area contributed by atoms with E-state index in [2.05, 4.69) is 58.9 Å². The van der Waals surface area contributed by atoms with Crippen molar-refractivity contribution in [2.75, 3.05) is 18.8 Å². The largest absolute Gasteiger partial charge is 0.342 e. The zero-order chi connectivity index (χ0) is 20.9. The fourth-order valence-electron chi connectivity index (χ4n) is 3.77. The van der Waals surface area contributed by atoms with Crippen LogP contribution in [-0.2, 0) is 11.2 Å². The maximum atomic E-state index is 12.7. The molecule has 156 valence electrons. The molecule has 0 spiro atoms. The average molecular weight is 421 g/mol. The van der Waals surface area contributed by atoms with Gasteiger partial charge in [0.2, 0.25) is 5.91 Å². The van der Waals surface area contributed by atoms with Crippen molar-refractivity contribution in [2.45, 2.75) is 44.7 Å². The molecule has 0 bridgehead atoms. The van der Waals surface area contributed by atoms with Crippen LogP contribution in [0, 0.1) is 13.8 Å². The first-order valence-electron chi connectivity index (χ1n) is 10.6. The summed E-state index contributed by atoms with van der Waals surface area (Å²) < 4.78 is 2.10. The van der Waals surface area contributed by atoms with E-state index in [1.807, 2.05) is 23.1 Å². The van der Waals surface area contributed by atoms with Gasteiger partial charge in [-0.25, -0.2) is 0 Å². The lowest BCUT2D eigenvalue weighted by Crippen LogP contribution is -2.36. The molecule has 0 saturated carbocycles. The minimum atomic E-state index is 0.193. The first kappa shape index (κ1) is 20.7. The Bertz CT molecular complexity index is 1010. The van der Waals surface area contributed by atoms with Gasteiger partial charge in [0.1, 0.15) is 5.82 Å². The summed E-state index contributed by atoms with van der Waals surface area (Å²) in [7, 11) is 0. The number of hydrogen-bond acceptors (Lipinski definition) is 4. The van der Waals surface area contributed by atoms with E-state index in [0.717, 1.165) is 42.6 Å². The molecule has 1 fully saturated rings. The van der Waals surface area contributed by atoms with E-state index < -0.39 is 0 Å². The number of amides is 1. The van der Waals surface area contributed by atoms with Crippen LogP contribution in [0.3, 0.4) is 0 Å². The molecule has 0 aliphatic carbocycles. The first-order chi connectivity index (χ1) is 14.6. The number of thioether (sulfide) groups is 1. The van der Waals surface area contributed by atoms with Crippen molar-refractivity contribution >= 4 is 17.7 Å². The van der Waals surface area contributed by atoms with Gasteiger partial charge in [-0.2, -0.15) is 0 Å². The number of nitrogens with zero attached hydrogens (tertiary/aromatic N) is 4. The number of hydrogen-bond donors (Lipinski definition) is 0. The highest BCUT2D eigenvalue weighted by Gasteiger charge is 2.20. The third kappa shape index (κ3) is 4.75. The van der Waals surface area contributed by atoms with E-state index in [-0.39, 0.29) is 5.91 Å². The maximum absolute atomic E-state index is 12.7. The quantitative estimate of drug-likeness (QED) is 0.548. The summed E-state index contributed by atoms with van der Waals surface area (Å²) in [5.41, 5.74) is 4.72. The number of carbonyl (C=O) groups is 1. The molecule has 2 heterocycles. The Morgan fingerprint density at radius 3 is 2.47 bits per heavy atom. The SMILES string of the molecule is Cc1ccc(-n2c(Cc3ccccc3)nnc2SCC(=O)N2CCCCC2)cc1C. The van der Waals surface area contributed by atoms with Gasteiger partial charge in [0, 0.05) is 25.2 Å². The Kier molecular flexibility index (Phi) is 6.53. The molecule has 2 aromatic carbocycles. The fourth-order valence-corrected chi connectivity index (χ4v) is 4.65. The van der Waals surface area contributed by atoms with Gasteiger partial charge in [-0.15, -0.1) is 10.2 Å². The predicted molar refractivity (Wildman–Crippen MR) is 121 cm³/mol. The van der Waals surface area contributed by atoms with E-state index in [9.17, 15) is 4.79 Å². The first-order valence-corrected chi connectivity index (χ1v) is 11.6. The highest BCUT2D eigenvalue weighted by Crippen LogP contribution is 2.25. The summed E-state index contributed by atoms with van der Waals surface area (Å²) in [5, 5.41) is 9.73. The van der Waals surface area contributed by atoms with Gasteiger partial charge in [-0.1, -0.05) is 48.2 Å². The number of aryl methyl sites for hydroxylation is 2. The second kappa shape index (κ2) is 9.47. The van der Waals surface area contributed by atoms with Gasteiger partial charge in [-0.3, -0.25) is 9.36 Å². The van der Waals surface area contributed by atoms with E-state index in [1.54, 1.807) is 0 Å². The fraction of sp³-hybridized carbons (Fsp3) is 0.375. The second-order valence-electron chi connectivity index (χ2n) is 7.90. The number of benzene rings is 2. The number of carbonyl (C=O) groups excluding carboxylic acids is 1. The zero-order valence-electron chi connectivity index (χ0n) is 17.7. The molecular weight excluding hydrogens is 392 g/mol. The summed E-state index contributed by atoms with van der Waals surface area (Å²) in [4.78, 5) is 14.6. The molecule has 5 nitrogen and oxygen atoms in total. The van der Waals surface area contributed by atoms with Crippen LogP contribution in [0.5, 0.6) is 0 Å². The molecule has 0 radical (unpaired) electrons. The van der Waals surface area contributed by atoms with Crippen LogP contribution in [0.25, 0.3) is 5.69 Å². The average Bonchev–Trinajstić information content (AvgIpc) is 3.17. The maximum Gasteiger partial charge on any atom is 0.233 e. The molecule has 0 unspecified atom stereocenters. The number of rotatable bonds is 6. The smallest absolute Gasteiger partial charge is 0.233 e. The van der Waals surface area contributed by atoms with Crippen molar-refractivity contribution in [3.8, 4) is 5.69 Å². The molecule has 0 atom stereocenters. The third-order valence-corrected chi connectivity index (χ3v) is 6.60. The Hall–Kier alpha value is -2.60. The molecule has 1 aromatic heterocycles. The third-order valence-electron chi connectivity index (χ3n) is 5.69. The minimum absolute atomic E-state index is 0.193. The Morgan fingerprint density at radius 2 is 1.73 bits per heavy atom. The van der Waals surface area contributed by atoms with Crippen molar-refractivity contribution in [3.63, 3.8) is 0 Å². The number of likely N-dealkylation sites (tertiary alicyclic amines) is 1. The normalized spacial score (nSPS) is 14.1. The minimum Gasteiger partial charge on any atom is -0.342 e. The van der Waals surface area contributed by atoms with Crippen LogP contribution < -0.4 is 0 Å². The Morgan fingerprint density at radius 1 is 0.967 bits per heavy atom. The van der Waals surface area contributed by atoms with Gasteiger partial charge in [0.15, 0.2) is 5.16 Å². The second-order valence-corrected chi connectivity index (χ2v) is 8.84. The van der Waals surface area contributed by atoms with Crippen LogP contribution in [0.2, 0.25) is 0 Å². The van der Waals surface area contributed by atoms with E-state index in [0.29, 0.717) is 12.2 Å². The lowest BCUT2D eigenvalue weighted by molar-refractivity contribution is -0.129. The molecule has 1 saturated heterocycles. The van der Waals surface area contributed by atoms with E-state index >= 15 is 0 Å². The molecule has 1 aliphatic rings. The summed E-state index contributed by atoms with van der Waals surface area (Å²) in [6, 6.07) is 16.7. The molecule has 6 heteroatoms. The predicted octanol–water partition coefficient (Wildman–Crippen LogP) is 4.58.